The quantitative estimate of drug-likeness (QED) is 0.681. The molecule has 3 rings (SSSR count). The van der Waals surface area contributed by atoms with E-state index in [0.717, 1.165) is 11.2 Å². The Balaban J connectivity index is 1.88. The summed E-state index contributed by atoms with van der Waals surface area (Å²) in [6.07, 6.45) is 1.39. The van der Waals surface area contributed by atoms with Crippen LogP contribution in [0.1, 0.15) is 5.69 Å². The number of nitrogens with one attached hydrogen (secondary N) is 1. The van der Waals surface area contributed by atoms with E-state index in [1.165, 1.54) is 19.5 Å². The minimum atomic E-state index is -0.471. The highest BCUT2D eigenvalue weighted by atomic mass is 35.5. The molecule has 126 valence electrons. The lowest BCUT2D eigenvalue weighted by Gasteiger charge is -2.12. The summed E-state index contributed by atoms with van der Waals surface area (Å²) in [6, 6.07) is 4.79. The van der Waals surface area contributed by atoms with Gasteiger partial charge in [-0.2, -0.15) is 0 Å². The molecule has 1 aromatic carbocycles. The highest BCUT2D eigenvalue weighted by molar-refractivity contribution is 6.35. The standard InChI is InChI=1S/C16H15Cl2FN4O/c1-9-5-10-15(11(17)6-12(19)16(10)24-2)23(9)4-3-20-14-7-13(18)21-8-22-14/h5-8H,3-4H2,1-2H3,(H,20,21,22). The minimum Gasteiger partial charge on any atom is -0.493 e. The topological polar surface area (TPSA) is 52.0 Å². The number of aromatic nitrogens is 3. The number of fused-ring (bicyclic) bond motifs is 1. The predicted molar refractivity (Wildman–Crippen MR) is 93.7 cm³/mol. The average Bonchev–Trinajstić information content (AvgIpc) is 2.85. The maximum atomic E-state index is 14.0. The van der Waals surface area contributed by atoms with E-state index in [2.05, 4.69) is 15.3 Å². The van der Waals surface area contributed by atoms with Crippen LogP contribution in [-0.2, 0) is 6.54 Å². The molecule has 0 bridgehead atoms. The molecule has 8 heteroatoms. The van der Waals surface area contributed by atoms with Gasteiger partial charge in [0, 0.05) is 30.2 Å². The third-order valence-electron chi connectivity index (χ3n) is 3.72. The summed E-state index contributed by atoms with van der Waals surface area (Å²) in [6.45, 7) is 3.15. The fourth-order valence-electron chi connectivity index (χ4n) is 2.70. The number of halogens is 3. The molecule has 2 heterocycles. The monoisotopic (exact) mass is 368 g/mol. The minimum absolute atomic E-state index is 0.201. The highest BCUT2D eigenvalue weighted by Gasteiger charge is 2.17. The number of benzene rings is 1. The molecular formula is C16H15Cl2FN4O. The summed E-state index contributed by atoms with van der Waals surface area (Å²) in [5, 5.41) is 4.55. The number of nitrogens with zero attached hydrogens (tertiary/aromatic N) is 3. The van der Waals surface area contributed by atoms with Crippen LogP contribution in [0.4, 0.5) is 10.2 Å². The Morgan fingerprint density at radius 3 is 2.75 bits per heavy atom. The Morgan fingerprint density at radius 2 is 2.04 bits per heavy atom. The van der Waals surface area contributed by atoms with Gasteiger partial charge >= 0.3 is 0 Å². The summed E-state index contributed by atoms with van der Waals surface area (Å²) in [7, 11) is 1.44. The molecule has 2 aromatic heterocycles. The summed E-state index contributed by atoms with van der Waals surface area (Å²) < 4.78 is 21.2. The Hall–Kier alpha value is -2.05. The molecule has 0 saturated carbocycles. The number of hydrogen-bond donors (Lipinski definition) is 1. The van der Waals surface area contributed by atoms with Crippen LogP contribution in [-0.4, -0.2) is 28.2 Å². The van der Waals surface area contributed by atoms with Gasteiger partial charge in [0.1, 0.15) is 17.3 Å². The van der Waals surface area contributed by atoms with Gasteiger partial charge in [-0.3, -0.25) is 0 Å². The third kappa shape index (κ3) is 3.12. The van der Waals surface area contributed by atoms with E-state index in [9.17, 15) is 4.39 Å². The zero-order valence-electron chi connectivity index (χ0n) is 13.1. The van der Waals surface area contributed by atoms with E-state index in [-0.39, 0.29) is 5.75 Å². The molecule has 0 amide bonds. The molecule has 0 aliphatic rings. The van der Waals surface area contributed by atoms with Crippen molar-refractivity contribution in [2.45, 2.75) is 13.5 Å². The van der Waals surface area contributed by atoms with Crippen LogP contribution in [0.5, 0.6) is 5.75 Å². The van der Waals surface area contributed by atoms with Gasteiger partial charge in [0.15, 0.2) is 11.6 Å². The second-order valence-electron chi connectivity index (χ2n) is 5.23. The van der Waals surface area contributed by atoms with Gasteiger partial charge in [-0.25, -0.2) is 14.4 Å². The van der Waals surface area contributed by atoms with Gasteiger partial charge in [-0.15, -0.1) is 0 Å². The number of methoxy groups -OCH3 is 1. The Bertz CT molecular complexity index is 897. The molecule has 1 N–H and O–H groups in total. The van der Waals surface area contributed by atoms with E-state index in [1.807, 2.05) is 17.6 Å². The molecule has 5 nitrogen and oxygen atoms in total. The van der Waals surface area contributed by atoms with Gasteiger partial charge < -0.3 is 14.6 Å². The van der Waals surface area contributed by atoms with Crippen molar-refractivity contribution in [3.05, 3.63) is 46.2 Å². The smallest absolute Gasteiger partial charge is 0.167 e. The predicted octanol–water partition coefficient (Wildman–Crippen LogP) is 4.31. The first kappa shape index (κ1) is 16.8. The van der Waals surface area contributed by atoms with Crippen LogP contribution < -0.4 is 10.1 Å². The number of hydrogen-bond acceptors (Lipinski definition) is 4. The third-order valence-corrected chi connectivity index (χ3v) is 4.22. The van der Waals surface area contributed by atoms with Crippen molar-refractivity contribution in [1.29, 1.82) is 0 Å². The average molecular weight is 369 g/mol. The van der Waals surface area contributed by atoms with Crippen molar-refractivity contribution in [3.63, 3.8) is 0 Å². The van der Waals surface area contributed by atoms with E-state index in [1.54, 1.807) is 6.07 Å². The van der Waals surface area contributed by atoms with E-state index in [0.29, 0.717) is 34.5 Å². The summed E-state index contributed by atoms with van der Waals surface area (Å²) >= 11 is 12.1. The van der Waals surface area contributed by atoms with Crippen LogP contribution >= 0.6 is 23.2 Å². The Morgan fingerprint density at radius 1 is 1.25 bits per heavy atom. The highest BCUT2D eigenvalue weighted by Crippen LogP contribution is 2.36. The number of rotatable bonds is 5. The van der Waals surface area contributed by atoms with Crippen molar-refractivity contribution in [3.8, 4) is 5.75 Å². The van der Waals surface area contributed by atoms with E-state index < -0.39 is 5.82 Å². The Labute approximate surface area is 148 Å². The summed E-state index contributed by atoms with van der Waals surface area (Å²) in [5.41, 5.74) is 1.70. The number of ether oxygens (including phenoxy) is 1. The maximum Gasteiger partial charge on any atom is 0.167 e. The largest absolute Gasteiger partial charge is 0.493 e. The molecular weight excluding hydrogens is 354 g/mol. The van der Waals surface area contributed by atoms with E-state index >= 15 is 0 Å². The van der Waals surface area contributed by atoms with Crippen LogP contribution in [0.15, 0.2) is 24.5 Å². The fourth-order valence-corrected chi connectivity index (χ4v) is 3.15. The molecule has 0 aliphatic heterocycles. The molecule has 0 aliphatic carbocycles. The Kier molecular flexibility index (Phi) is 4.78. The molecule has 0 saturated heterocycles. The first-order valence-corrected chi connectivity index (χ1v) is 8.00. The molecule has 24 heavy (non-hydrogen) atoms. The van der Waals surface area contributed by atoms with Gasteiger partial charge in [0.25, 0.3) is 0 Å². The maximum absolute atomic E-state index is 14.0. The molecule has 0 fully saturated rings. The SMILES string of the molecule is COc1c(F)cc(Cl)c2c1cc(C)n2CCNc1cc(Cl)ncn1. The van der Waals surface area contributed by atoms with Crippen LogP contribution in [0.3, 0.4) is 0 Å². The second kappa shape index (κ2) is 6.83. The van der Waals surface area contributed by atoms with Crippen molar-refractivity contribution in [2.75, 3.05) is 19.0 Å². The molecule has 3 aromatic rings. The lowest BCUT2D eigenvalue weighted by atomic mass is 10.2. The lowest BCUT2D eigenvalue weighted by Crippen LogP contribution is -2.12. The van der Waals surface area contributed by atoms with Crippen LogP contribution in [0.2, 0.25) is 10.2 Å². The normalized spacial score (nSPS) is 11.0. The van der Waals surface area contributed by atoms with Gasteiger partial charge in [-0.1, -0.05) is 23.2 Å². The zero-order valence-corrected chi connectivity index (χ0v) is 14.6. The fraction of sp³-hybridized carbons (Fsp3) is 0.250. The van der Waals surface area contributed by atoms with Gasteiger partial charge in [-0.05, 0) is 19.1 Å². The number of aryl methyl sites for hydroxylation is 1. The first-order chi connectivity index (χ1) is 11.5. The molecule has 0 unspecified atom stereocenters. The summed E-state index contributed by atoms with van der Waals surface area (Å²) in [4.78, 5) is 7.92. The molecule has 0 atom stereocenters. The number of anilines is 1. The molecule has 0 spiro atoms. The summed E-state index contributed by atoms with van der Waals surface area (Å²) in [5.74, 6) is 0.367. The van der Waals surface area contributed by atoms with Crippen LogP contribution in [0, 0.1) is 12.7 Å². The van der Waals surface area contributed by atoms with Crippen molar-refractivity contribution >= 4 is 39.9 Å². The van der Waals surface area contributed by atoms with Crippen molar-refractivity contribution < 1.29 is 9.13 Å². The first-order valence-electron chi connectivity index (χ1n) is 7.24. The van der Waals surface area contributed by atoms with Crippen molar-refractivity contribution in [2.24, 2.45) is 0 Å². The lowest BCUT2D eigenvalue weighted by molar-refractivity contribution is 0.392. The molecule has 0 radical (unpaired) electrons. The second-order valence-corrected chi connectivity index (χ2v) is 6.02. The van der Waals surface area contributed by atoms with E-state index in [4.69, 9.17) is 27.9 Å². The van der Waals surface area contributed by atoms with Gasteiger partial charge in [0.2, 0.25) is 0 Å². The van der Waals surface area contributed by atoms with Crippen LogP contribution in [0.25, 0.3) is 10.9 Å². The van der Waals surface area contributed by atoms with Crippen molar-refractivity contribution in [1.82, 2.24) is 14.5 Å². The zero-order chi connectivity index (χ0) is 17.3. The van der Waals surface area contributed by atoms with Gasteiger partial charge in [0.05, 0.1) is 17.6 Å².